The van der Waals surface area contributed by atoms with Gasteiger partial charge in [-0.25, -0.2) is 9.37 Å². The largest absolute Gasteiger partial charge is 0.345 e. The molecule has 6 nitrogen and oxygen atoms in total. The first-order valence-electron chi connectivity index (χ1n) is 10.3. The second-order valence-corrected chi connectivity index (χ2v) is 8.22. The van der Waals surface area contributed by atoms with E-state index in [4.69, 9.17) is 0 Å². The van der Waals surface area contributed by atoms with E-state index in [0.29, 0.717) is 43.5 Å². The topological polar surface area (TPSA) is 69.3 Å². The normalized spacial score (nSPS) is 18.5. The fourth-order valence-corrected chi connectivity index (χ4v) is 4.82. The first-order chi connectivity index (χ1) is 14.6. The third kappa shape index (κ3) is 3.14. The van der Waals surface area contributed by atoms with E-state index in [1.165, 1.54) is 6.07 Å². The molecule has 0 atom stereocenters. The Bertz CT molecular complexity index is 1120. The van der Waals surface area contributed by atoms with Crippen molar-refractivity contribution in [2.75, 3.05) is 13.1 Å². The number of likely N-dealkylation sites (tertiary alicyclic amines) is 2. The van der Waals surface area contributed by atoms with Gasteiger partial charge in [-0.1, -0.05) is 18.2 Å². The molecule has 3 aromatic rings. The summed E-state index contributed by atoms with van der Waals surface area (Å²) >= 11 is 0. The molecule has 1 aromatic heterocycles. The summed E-state index contributed by atoms with van der Waals surface area (Å²) < 4.78 is 14.2. The van der Waals surface area contributed by atoms with Gasteiger partial charge < -0.3 is 14.8 Å². The Morgan fingerprint density at radius 1 is 1.13 bits per heavy atom. The van der Waals surface area contributed by atoms with Gasteiger partial charge >= 0.3 is 0 Å². The number of amides is 2. The van der Waals surface area contributed by atoms with Crippen LogP contribution in [0, 0.1) is 5.82 Å². The zero-order valence-electron chi connectivity index (χ0n) is 16.6. The highest BCUT2D eigenvalue weighted by molar-refractivity contribution is 5.97. The van der Waals surface area contributed by atoms with Crippen molar-refractivity contribution < 1.29 is 14.0 Å². The summed E-state index contributed by atoms with van der Waals surface area (Å²) in [5.41, 5.74) is 2.56. The second kappa shape index (κ2) is 7.23. The van der Waals surface area contributed by atoms with Gasteiger partial charge in [-0.05, 0) is 43.5 Å². The van der Waals surface area contributed by atoms with Gasteiger partial charge in [0.25, 0.3) is 5.91 Å². The number of hydrogen-bond acceptors (Lipinski definition) is 3. The first kappa shape index (κ1) is 18.8. The fraction of sp³-hybridized carbons (Fsp3) is 0.348. The summed E-state index contributed by atoms with van der Waals surface area (Å²) in [5, 5.41) is 0. The lowest BCUT2D eigenvalue weighted by molar-refractivity contribution is -0.133. The van der Waals surface area contributed by atoms with Crippen molar-refractivity contribution in [1.29, 1.82) is 0 Å². The molecule has 1 N–H and O–H groups in total. The Morgan fingerprint density at radius 2 is 1.93 bits per heavy atom. The molecule has 0 aliphatic carbocycles. The number of rotatable bonds is 3. The number of carbonyl (C=O) groups excluding carboxylic acids is 2. The van der Waals surface area contributed by atoms with Gasteiger partial charge in [-0.3, -0.25) is 9.59 Å². The molecule has 30 heavy (non-hydrogen) atoms. The summed E-state index contributed by atoms with van der Waals surface area (Å²) in [6.07, 6.45) is 4.29. The summed E-state index contributed by atoms with van der Waals surface area (Å²) in [4.78, 5) is 36.6. The second-order valence-electron chi connectivity index (χ2n) is 8.22. The molecule has 1 spiro atoms. The first-order valence-corrected chi connectivity index (χ1v) is 10.3. The minimum Gasteiger partial charge on any atom is -0.345 e. The lowest BCUT2D eigenvalue weighted by Crippen LogP contribution is -2.53. The minimum absolute atomic E-state index is 0.00803. The Balaban J connectivity index is 1.31. The van der Waals surface area contributed by atoms with Crippen LogP contribution in [0.3, 0.4) is 0 Å². The van der Waals surface area contributed by atoms with Crippen LogP contribution < -0.4 is 0 Å². The molecule has 0 unspecified atom stereocenters. The van der Waals surface area contributed by atoms with E-state index in [0.717, 1.165) is 17.5 Å². The van der Waals surface area contributed by atoms with Crippen LogP contribution in [0.5, 0.6) is 0 Å². The average Bonchev–Trinajstić information content (AvgIpc) is 3.35. The molecule has 0 radical (unpaired) electrons. The molecule has 2 amide bonds. The van der Waals surface area contributed by atoms with E-state index >= 15 is 0 Å². The molecular weight excluding hydrogens is 383 g/mol. The van der Waals surface area contributed by atoms with Crippen LogP contribution in [-0.2, 0) is 11.3 Å². The van der Waals surface area contributed by atoms with Crippen molar-refractivity contribution in [3.8, 4) is 0 Å². The van der Waals surface area contributed by atoms with Gasteiger partial charge in [0.15, 0.2) is 0 Å². The molecule has 154 valence electrons. The van der Waals surface area contributed by atoms with Crippen LogP contribution in [0.25, 0.3) is 11.0 Å². The highest BCUT2D eigenvalue weighted by atomic mass is 19.1. The smallest absolute Gasteiger partial charge is 0.253 e. The summed E-state index contributed by atoms with van der Waals surface area (Å²) in [6, 6.07) is 12.1. The van der Waals surface area contributed by atoms with Crippen molar-refractivity contribution in [3.05, 3.63) is 65.7 Å². The van der Waals surface area contributed by atoms with E-state index in [2.05, 4.69) is 9.97 Å². The SMILES string of the molecule is O=C(c1ccc2nc[nH]c2c1)N1CCC2(CCC(=O)N2Cc2ccccc2F)CC1. The number of carbonyl (C=O) groups is 2. The van der Waals surface area contributed by atoms with Crippen LogP contribution in [0.2, 0.25) is 0 Å². The quantitative estimate of drug-likeness (QED) is 0.724. The number of aromatic amines is 1. The highest BCUT2D eigenvalue weighted by Crippen LogP contribution is 2.40. The van der Waals surface area contributed by atoms with Crippen molar-refractivity contribution in [2.24, 2.45) is 0 Å². The number of H-pyrrole nitrogens is 1. The number of imidazole rings is 1. The van der Waals surface area contributed by atoms with Crippen LogP contribution in [-0.4, -0.2) is 50.2 Å². The Labute approximate surface area is 173 Å². The van der Waals surface area contributed by atoms with Gasteiger partial charge in [0.2, 0.25) is 5.91 Å². The number of benzene rings is 2. The van der Waals surface area contributed by atoms with Crippen LogP contribution in [0.1, 0.15) is 41.6 Å². The highest BCUT2D eigenvalue weighted by Gasteiger charge is 2.47. The molecule has 2 aromatic carbocycles. The minimum atomic E-state index is -0.288. The summed E-state index contributed by atoms with van der Waals surface area (Å²) in [5.74, 6) is -0.219. The van der Waals surface area contributed by atoms with E-state index in [9.17, 15) is 14.0 Å². The number of hydrogen-bond donors (Lipinski definition) is 1. The molecular formula is C23H23FN4O2. The Morgan fingerprint density at radius 3 is 2.73 bits per heavy atom. The third-order valence-corrected chi connectivity index (χ3v) is 6.61. The zero-order chi connectivity index (χ0) is 20.7. The van der Waals surface area contributed by atoms with Crippen molar-refractivity contribution in [3.63, 3.8) is 0 Å². The van der Waals surface area contributed by atoms with Crippen molar-refractivity contribution in [1.82, 2.24) is 19.8 Å². The number of aromatic nitrogens is 2. The fourth-order valence-electron chi connectivity index (χ4n) is 4.82. The van der Waals surface area contributed by atoms with Gasteiger partial charge in [-0.2, -0.15) is 0 Å². The van der Waals surface area contributed by atoms with E-state index in [1.807, 2.05) is 21.9 Å². The van der Waals surface area contributed by atoms with Gasteiger partial charge in [-0.15, -0.1) is 0 Å². The van der Waals surface area contributed by atoms with Crippen LogP contribution in [0.15, 0.2) is 48.8 Å². The van der Waals surface area contributed by atoms with Gasteiger partial charge in [0.05, 0.1) is 17.4 Å². The molecule has 2 fully saturated rings. The number of nitrogens with one attached hydrogen (secondary N) is 1. The maximum Gasteiger partial charge on any atom is 0.253 e. The molecule has 2 saturated heterocycles. The molecule has 7 heteroatoms. The molecule has 5 rings (SSSR count). The van der Waals surface area contributed by atoms with Gasteiger partial charge in [0, 0.05) is 42.7 Å². The van der Waals surface area contributed by atoms with Crippen LogP contribution in [0.4, 0.5) is 4.39 Å². The standard InChI is InChI=1S/C23H23FN4O2/c24-18-4-2-1-3-17(18)14-28-21(29)7-8-23(28)9-11-27(12-10-23)22(30)16-5-6-19-20(13-16)26-15-25-19/h1-6,13,15H,7-12,14H2,(H,25,26). The lowest BCUT2D eigenvalue weighted by atomic mass is 9.84. The number of piperidine rings is 1. The van der Waals surface area contributed by atoms with E-state index in [1.54, 1.807) is 30.6 Å². The van der Waals surface area contributed by atoms with Crippen LogP contribution >= 0.6 is 0 Å². The molecule has 3 heterocycles. The molecule has 0 saturated carbocycles. The zero-order valence-corrected chi connectivity index (χ0v) is 16.6. The van der Waals surface area contributed by atoms with Crippen molar-refractivity contribution in [2.45, 2.75) is 37.8 Å². The Kier molecular flexibility index (Phi) is 4.53. The predicted molar refractivity (Wildman–Crippen MR) is 110 cm³/mol. The summed E-state index contributed by atoms with van der Waals surface area (Å²) in [6.45, 7) is 1.46. The Hall–Kier alpha value is -3.22. The molecule has 2 aliphatic heterocycles. The average molecular weight is 406 g/mol. The summed E-state index contributed by atoms with van der Waals surface area (Å²) in [7, 11) is 0. The van der Waals surface area contributed by atoms with E-state index in [-0.39, 0.29) is 29.7 Å². The third-order valence-electron chi connectivity index (χ3n) is 6.61. The number of halogens is 1. The van der Waals surface area contributed by atoms with Crippen molar-refractivity contribution >= 4 is 22.8 Å². The maximum atomic E-state index is 14.2. The van der Waals surface area contributed by atoms with E-state index < -0.39 is 0 Å². The van der Waals surface area contributed by atoms with Gasteiger partial charge in [0.1, 0.15) is 5.82 Å². The lowest BCUT2D eigenvalue weighted by Gasteiger charge is -2.45. The number of fused-ring (bicyclic) bond motifs is 1. The monoisotopic (exact) mass is 406 g/mol. The molecule has 0 bridgehead atoms. The maximum absolute atomic E-state index is 14.2. The molecule has 2 aliphatic rings. The predicted octanol–water partition coefficient (Wildman–Crippen LogP) is 3.50. The number of nitrogens with zero attached hydrogens (tertiary/aromatic N) is 3.